The molecule has 0 fully saturated rings. The van der Waals surface area contributed by atoms with E-state index in [0.717, 1.165) is 34.8 Å². The Morgan fingerprint density at radius 3 is 2.84 bits per heavy atom. The van der Waals surface area contributed by atoms with Crippen LogP contribution in [-0.4, -0.2) is 23.6 Å². The third kappa shape index (κ3) is 3.15. The van der Waals surface area contributed by atoms with Gasteiger partial charge in [0.15, 0.2) is 0 Å². The van der Waals surface area contributed by atoms with Crippen molar-refractivity contribution in [3.05, 3.63) is 35.8 Å². The molecule has 3 N–H and O–H groups in total. The lowest BCUT2D eigenvalue weighted by Crippen LogP contribution is -2.13. The van der Waals surface area contributed by atoms with E-state index in [4.69, 9.17) is 10.5 Å². The fourth-order valence-electron chi connectivity index (χ4n) is 2.07. The van der Waals surface area contributed by atoms with Crippen molar-refractivity contribution in [3.8, 4) is 17.0 Å². The summed E-state index contributed by atoms with van der Waals surface area (Å²) in [4.78, 5) is 7.76. The summed E-state index contributed by atoms with van der Waals surface area (Å²) in [6.45, 7) is 4.84. The van der Waals surface area contributed by atoms with E-state index in [9.17, 15) is 0 Å². The van der Waals surface area contributed by atoms with Gasteiger partial charge >= 0.3 is 0 Å². The molecule has 0 saturated carbocycles. The number of hydrogen-bond acceptors (Lipinski definition) is 3. The number of rotatable bonds is 5. The first-order chi connectivity index (χ1) is 9.13. The quantitative estimate of drug-likeness (QED) is 0.867. The second kappa shape index (κ2) is 5.89. The van der Waals surface area contributed by atoms with Crippen LogP contribution < -0.4 is 10.5 Å². The largest absolute Gasteiger partial charge is 0.496 e. The molecule has 1 unspecified atom stereocenters. The van der Waals surface area contributed by atoms with Crippen LogP contribution in [0.2, 0.25) is 0 Å². The summed E-state index contributed by atoms with van der Waals surface area (Å²) in [5, 5.41) is 0. The van der Waals surface area contributed by atoms with Crippen LogP contribution >= 0.6 is 0 Å². The lowest BCUT2D eigenvalue weighted by Gasteiger charge is -2.06. The highest BCUT2D eigenvalue weighted by Crippen LogP contribution is 2.25. The standard InChI is InChI=1S/C15H21N3O/c1-10(8-16)6-15-17-9-13(18-15)12-4-5-14(19-3)11(2)7-12/h4-5,7,9-10H,6,8,16H2,1-3H3,(H,17,18). The maximum atomic E-state index is 5.63. The van der Waals surface area contributed by atoms with Crippen LogP contribution in [-0.2, 0) is 6.42 Å². The number of aryl methyl sites for hydroxylation is 1. The third-order valence-corrected chi connectivity index (χ3v) is 3.28. The fourth-order valence-corrected chi connectivity index (χ4v) is 2.07. The molecule has 0 spiro atoms. The number of benzene rings is 1. The van der Waals surface area contributed by atoms with Crippen molar-refractivity contribution in [2.24, 2.45) is 11.7 Å². The number of nitrogens with zero attached hydrogens (tertiary/aromatic N) is 1. The lowest BCUT2D eigenvalue weighted by atomic mass is 10.1. The SMILES string of the molecule is COc1ccc(-c2cnc(CC(C)CN)[nH]2)cc1C. The van der Waals surface area contributed by atoms with E-state index in [-0.39, 0.29) is 0 Å². The van der Waals surface area contributed by atoms with Crippen LogP contribution in [0, 0.1) is 12.8 Å². The van der Waals surface area contributed by atoms with E-state index in [2.05, 4.69) is 23.0 Å². The zero-order valence-electron chi connectivity index (χ0n) is 11.7. The molecule has 0 bridgehead atoms. The Bertz CT molecular complexity index is 548. The molecule has 1 atom stereocenters. The van der Waals surface area contributed by atoms with E-state index < -0.39 is 0 Å². The van der Waals surface area contributed by atoms with E-state index >= 15 is 0 Å². The number of H-pyrrole nitrogens is 1. The minimum Gasteiger partial charge on any atom is -0.496 e. The molecule has 0 amide bonds. The summed E-state index contributed by atoms with van der Waals surface area (Å²) in [6, 6.07) is 6.12. The van der Waals surface area contributed by atoms with E-state index in [1.54, 1.807) is 7.11 Å². The van der Waals surface area contributed by atoms with Gasteiger partial charge in [-0.25, -0.2) is 4.98 Å². The zero-order valence-corrected chi connectivity index (χ0v) is 11.7. The monoisotopic (exact) mass is 259 g/mol. The van der Waals surface area contributed by atoms with Gasteiger partial charge in [0.25, 0.3) is 0 Å². The van der Waals surface area contributed by atoms with Gasteiger partial charge < -0.3 is 15.5 Å². The molecule has 0 radical (unpaired) electrons. The number of aromatic nitrogens is 2. The van der Waals surface area contributed by atoms with Gasteiger partial charge in [0.2, 0.25) is 0 Å². The number of nitrogens with two attached hydrogens (primary N) is 1. The van der Waals surface area contributed by atoms with Gasteiger partial charge in [-0.2, -0.15) is 0 Å². The Balaban J connectivity index is 2.20. The normalized spacial score (nSPS) is 12.4. The number of ether oxygens (including phenoxy) is 1. The molecule has 0 aliphatic heterocycles. The van der Waals surface area contributed by atoms with Crippen LogP contribution in [0.25, 0.3) is 11.3 Å². The molecule has 2 rings (SSSR count). The number of nitrogens with one attached hydrogen (secondary N) is 1. The second-order valence-corrected chi connectivity index (χ2v) is 4.97. The first-order valence-corrected chi connectivity index (χ1v) is 6.53. The molecule has 1 aromatic heterocycles. The predicted molar refractivity (Wildman–Crippen MR) is 77.2 cm³/mol. The van der Waals surface area contributed by atoms with E-state index in [1.807, 2.05) is 25.3 Å². The Hall–Kier alpha value is -1.81. The molecule has 4 nitrogen and oxygen atoms in total. The van der Waals surface area contributed by atoms with Gasteiger partial charge in [0.1, 0.15) is 11.6 Å². The minimum absolute atomic E-state index is 0.441. The van der Waals surface area contributed by atoms with Crippen LogP contribution in [0.1, 0.15) is 18.3 Å². The first-order valence-electron chi connectivity index (χ1n) is 6.53. The molecule has 19 heavy (non-hydrogen) atoms. The molecule has 1 aromatic carbocycles. The average molecular weight is 259 g/mol. The molecule has 102 valence electrons. The number of methoxy groups -OCH3 is 1. The van der Waals surface area contributed by atoms with Gasteiger partial charge in [-0.15, -0.1) is 0 Å². The summed E-state index contributed by atoms with van der Waals surface area (Å²) >= 11 is 0. The van der Waals surface area contributed by atoms with Crippen molar-refractivity contribution in [2.75, 3.05) is 13.7 Å². The molecule has 0 aliphatic rings. The fraction of sp³-hybridized carbons (Fsp3) is 0.400. The van der Waals surface area contributed by atoms with Crippen molar-refractivity contribution >= 4 is 0 Å². The van der Waals surface area contributed by atoms with Gasteiger partial charge in [-0.3, -0.25) is 0 Å². The molecular formula is C15H21N3O. The van der Waals surface area contributed by atoms with Crippen LogP contribution in [0.4, 0.5) is 0 Å². The Morgan fingerprint density at radius 1 is 1.42 bits per heavy atom. The van der Waals surface area contributed by atoms with Crippen molar-refractivity contribution in [1.29, 1.82) is 0 Å². The van der Waals surface area contributed by atoms with Gasteiger partial charge in [0.05, 0.1) is 19.0 Å². The summed E-state index contributed by atoms with van der Waals surface area (Å²) in [5.41, 5.74) is 8.91. The third-order valence-electron chi connectivity index (χ3n) is 3.28. The molecule has 0 saturated heterocycles. The molecule has 4 heteroatoms. The summed E-state index contributed by atoms with van der Waals surface area (Å²) in [5.74, 6) is 2.33. The van der Waals surface area contributed by atoms with Crippen molar-refractivity contribution < 1.29 is 4.74 Å². The van der Waals surface area contributed by atoms with E-state index in [1.165, 1.54) is 0 Å². The van der Waals surface area contributed by atoms with Crippen molar-refractivity contribution in [3.63, 3.8) is 0 Å². The van der Waals surface area contributed by atoms with Crippen LogP contribution in [0.15, 0.2) is 24.4 Å². The number of hydrogen-bond donors (Lipinski definition) is 2. The maximum absolute atomic E-state index is 5.63. The molecule has 1 heterocycles. The van der Waals surface area contributed by atoms with Gasteiger partial charge in [-0.05, 0) is 43.1 Å². The maximum Gasteiger partial charge on any atom is 0.121 e. The molecular weight excluding hydrogens is 238 g/mol. The summed E-state index contributed by atoms with van der Waals surface area (Å²) in [6.07, 6.45) is 2.76. The highest BCUT2D eigenvalue weighted by molar-refractivity contribution is 5.61. The Morgan fingerprint density at radius 2 is 2.21 bits per heavy atom. The van der Waals surface area contributed by atoms with Crippen LogP contribution in [0.5, 0.6) is 5.75 Å². The summed E-state index contributed by atoms with van der Waals surface area (Å²) in [7, 11) is 1.69. The topological polar surface area (TPSA) is 63.9 Å². The Kier molecular flexibility index (Phi) is 4.22. The second-order valence-electron chi connectivity index (χ2n) is 4.97. The molecule has 0 aliphatic carbocycles. The van der Waals surface area contributed by atoms with Gasteiger partial charge in [0, 0.05) is 12.0 Å². The lowest BCUT2D eigenvalue weighted by molar-refractivity contribution is 0.412. The number of aromatic amines is 1. The Labute approximate surface area is 114 Å². The average Bonchev–Trinajstić information content (AvgIpc) is 2.87. The summed E-state index contributed by atoms with van der Waals surface area (Å²) < 4.78 is 5.27. The van der Waals surface area contributed by atoms with Crippen molar-refractivity contribution in [1.82, 2.24) is 9.97 Å². The highest BCUT2D eigenvalue weighted by atomic mass is 16.5. The van der Waals surface area contributed by atoms with Crippen LogP contribution in [0.3, 0.4) is 0 Å². The minimum atomic E-state index is 0.441. The van der Waals surface area contributed by atoms with Crippen molar-refractivity contribution in [2.45, 2.75) is 20.3 Å². The molecule has 2 aromatic rings. The van der Waals surface area contributed by atoms with Gasteiger partial charge in [-0.1, -0.05) is 6.92 Å². The number of imidazole rings is 1. The zero-order chi connectivity index (χ0) is 13.8. The smallest absolute Gasteiger partial charge is 0.121 e. The van der Waals surface area contributed by atoms with E-state index in [0.29, 0.717) is 12.5 Å². The highest BCUT2D eigenvalue weighted by Gasteiger charge is 2.08. The predicted octanol–water partition coefficient (Wildman–Crippen LogP) is 2.53. The first kappa shape index (κ1) is 13.6.